The molecule has 1 aliphatic heterocycles. The lowest BCUT2D eigenvalue weighted by Crippen LogP contribution is -2.14. The van der Waals surface area contributed by atoms with Gasteiger partial charge in [-0.25, -0.2) is 4.98 Å². The number of carbonyl (C=O) groups is 2. The van der Waals surface area contributed by atoms with E-state index in [0.717, 1.165) is 11.3 Å². The number of amides is 2. The average molecular weight is 450 g/mol. The number of hydrogen-bond acceptors (Lipinski definition) is 7. The van der Waals surface area contributed by atoms with E-state index >= 15 is 0 Å². The Bertz CT molecular complexity index is 1270. The number of nitrogens with one attached hydrogen (secondary N) is 2. The Morgan fingerprint density at radius 3 is 2.68 bits per heavy atom. The molecule has 2 N–H and O–H groups in total. The highest BCUT2D eigenvalue weighted by Gasteiger charge is 2.16. The zero-order chi connectivity index (χ0) is 21.2. The molecule has 0 saturated carbocycles. The third kappa shape index (κ3) is 4.14. The number of rotatable bonds is 5. The number of ether oxygens (including phenoxy) is 2. The predicted octanol–water partition coefficient (Wildman–Crippen LogP) is 5.10. The standard InChI is InChI=1S/C22H15N3O4S2/c26-20(14-3-1-4-15(9-14)23-21(27)19-5-2-8-30-19)25-22-24-16(11-31-22)13-6-7-17-18(10-13)29-12-28-17/h1-11H,12H2,(H,23,27)(H,24,25,26). The van der Waals surface area contributed by atoms with E-state index in [-0.39, 0.29) is 18.6 Å². The monoisotopic (exact) mass is 449 g/mol. The van der Waals surface area contributed by atoms with E-state index in [0.29, 0.717) is 32.8 Å². The van der Waals surface area contributed by atoms with Gasteiger partial charge in [-0.2, -0.15) is 0 Å². The summed E-state index contributed by atoms with van der Waals surface area (Å²) in [6.07, 6.45) is 0. The van der Waals surface area contributed by atoms with Crippen LogP contribution >= 0.6 is 22.7 Å². The summed E-state index contributed by atoms with van der Waals surface area (Å²) in [6, 6.07) is 15.9. The van der Waals surface area contributed by atoms with E-state index in [1.165, 1.54) is 22.7 Å². The molecule has 0 radical (unpaired) electrons. The first-order chi connectivity index (χ1) is 15.2. The van der Waals surface area contributed by atoms with Crippen LogP contribution in [-0.4, -0.2) is 23.6 Å². The Balaban J connectivity index is 1.28. The Kier molecular flexibility index (Phi) is 5.11. The molecule has 5 rings (SSSR count). The summed E-state index contributed by atoms with van der Waals surface area (Å²) in [5.41, 5.74) is 2.57. The Hall–Kier alpha value is -3.69. The molecule has 7 nitrogen and oxygen atoms in total. The van der Waals surface area contributed by atoms with Gasteiger partial charge in [0.05, 0.1) is 10.6 Å². The smallest absolute Gasteiger partial charge is 0.265 e. The topological polar surface area (TPSA) is 89.6 Å². The van der Waals surface area contributed by atoms with Crippen LogP contribution in [0.25, 0.3) is 11.3 Å². The first-order valence-electron chi connectivity index (χ1n) is 9.27. The zero-order valence-electron chi connectivity index (χ0n) is 16.0. The minimum atomic E-state index is -0.307. The van der Waals surface area contributed by atoms with Crippen LogP contribution in [0.2, 0.25) is 0 Å². The minimum absolute atomic E-state index is 0.208. The molecule has 2 aromatic heterocycles. The summed E-state index contributed by atoms with van der Waals surface area (Å²) in [5, 5.41) is 9.80. The molecule has 31 heavy (non-hydrogen) atoms. The maximum Gasteiger partial charge on any atom is 0.265 e. The summed E-state index contributed by atoms with van der Waals surface area (Å²) in [4.78, 5) is 30.0. The van der Waals surface area contributed by atoms with Crippen molar-refractivity contribution in [1.82, 2.24) is 4.98 Å². The number of carbonyl (C=O) groups excluding carboxylic acids is 2. The molecule has 0 bridgehead atoms. The summed E-state index contributed by atoms with van der Waals surface area (Å²) in [7, 11) is 0. The van der Waals surface area contributed by atoms with Crippen molar-refractivity contribution in [3.05, 3.63) is 75.8 Å². The van der Waals surface area contributed by atoms with Gasteiger partial charge >= 0.3 is 0 Å². The molecule has 3 heterocycles. The lowest BCUT2D eigenvalue weighted by molar-refractivity contribution is 0.101. The van der Waals surface area contributed by atoms with E-state index in [1.807, 2.05) is 35.0 Å². The molecular formula is C22H15N3O4S2. The second kappa shape index (κ2) is 8.21. The highest BCUT2D eigenvalue weighted by Crippen LogP contribution is 2.36. The van der Waals surface area contributed by atoms with Crippen molar-refractivity contribution in [2.45, 2.75) is 0 Å². The fourth-order valence-corrected chi connectivity index (χ4v) is 4.36. The summed E-state index contributed by atoms with van der Waals surface area (Å²) in [6.45, 7) is 0.212. The van der Waals surface area contributed by atoms with E-state index in [1.54, 1.807) is 30.3 Å². The van der Waals surface area contributed by atoms with Crippen LogP contribution in [0.4, 0.5) is 10.8 Å². The number of nitrogens with zero attached hydrogens (tertiary/aromatic N) is 1. The van der Waals surface area contributed by atoms with Crippen LogP contribution in [-0.2, 0) is 0 Å². The SMILES string of the molecule is O=C(Nc1nc(-c2ccc3c(c2)OCO3)cs1)c1cccc(NC(=O)c2cccs2)c1. The normalized spacial score (nSPS) is 11.9. The zero-order valence-corrected chi connectivity index (χ0v) is 17.6. The summed E-state index contributed by atoms with van der Waals surface area (Å²) < 4.78 is 10.7. The maximum atomic E-state index is 12.7. The third-order valence-electron chi connectivity index (χ3n) is 4.52. The number of anilines is 2. The predicted molar refractivity (Wildman–Crippen MR) is 120 cm³/mol. The second-order valence-corrected chi connectivity index (χ2v) is 8.38. The number of hydrogen-bond donors (Lipinski definition) is 2. The number of benzene rings is 2. The Labute approximate surface area is 185 Å². The van der Waals surface area contributed by atoms with Crippen molar-refractivity contribution >= 4 is 45.3 Å². The van der Waals surface area contributed by atoms with E-state index in [2.05, 4.69) is 15.6 Å². The molecule has 2 amide bonds. The van der Waals surface area contributed by atoms with Gasteiger partial charge in [0.15, 0.2) is 16.6 Å². The molecule has 0 aliphatic carbocycles. The Morgan fingerprint density at radius 2 is 1.81 bits per heavy atom. The number of aromatic nitrogens is 1. The van der Waals surface area contributed by atoms with Gasteiger partial charge in [0.1, 0.15) is 0 Å². The van der Waals surface area contributed by atoms with Crippen LogP contribution in [0.5, 0.6) is 11.5 Å². The number of thiazole rings is 1. The summed E-state index contributed by atoms with van der Waals surface area (Å²) in [5.74, 6) is 0.871. The first kappa shape index (κ1) is 19.3. The Morgan fingerprint density at radius 1 is 0.903 bits per heavy atom. The van der Waals surface area contributed by atoms with Crippen molar-refractivity contribution in [3.63, 3.8) is 0 Å². The van der Waals surface area contributed by atoms with Crippen LogP contribution in [0, 0.1) is 0 Å². The van der Waals surface area contributed by atoms with E-state index in [4.69, 9.17) is 9.47 Å². The van der Waals surface area contributed by atoms with Crippen molar-refractivity contribution in [2.75, 3.05) is 17.4 Å². The quantitative estimate of drug-likeness (QED) is 0.442. The fraction of sp³-hybridized carbons (Fsp3) is 0.0455. The number of fused-ring (bicyclic) bond motifs is 1. The fourth-order valence-electron chi connectivity index (χ4n) is 3.03. The molecule has 0 unspecified atom stereocenters. The highest BCUT2D eigenvalue weighted by molar-refractivity contribution is 7.14. The second-order valence-electron chi connectivity index (χ2n) is 6.57. The van der Waals surface area contributed by atoms with Gasteiger partial charge in [0.2, 0.25) is 6.79 Å². The van der Waals surface area contributed by atoms with Gasteiger partial charge in [0, 0.05) is 22.2 Å². The van der Waals surface area contributed by atoms with Gasteiger partial charge in [0.25, 0.3) is 11.8 Å². The third-order valence-corrected chi connectivity index (χ3v) is 6.15. The van der Waals surface area contributed by atoms with Gasteiger partial charge in [-0.1, -0.05) is 12.1 Å². The summed E-state index contributed by atoms with van der Waals surface area (Å²) >= 11 is 2.69. The van der Waals surface area contributed by atoms with Crippen LogP contribution in [0.15, 0.2) is 65.4 Å². The maximum absolute atomic E-state index is 12.7. The van der Waals surface area contributed by atoms with Gasteiger partial charge in [-0.05, 0) is 47.8 Å². The van der Waals surface area contributed by atoms with Crippen molar-refractivity contribution in [1.29, 1.82) is 0 Å². The highest BCUT2D eigenvalue weighted by atomic mass is 32.1. The first-order valence-corrected chi connectivity index (χ1v) is 11.0. The molecule has 0 spiro atoms. The lowest BCUT2D eigenvalue weighted by atomic mass is 10.1. The van der Waals surface area contributed by atoms with Crippen molar-refractivity contribution < 1.29 is 19.1 Å². The van der Waals surface area contributed by atoms with Crippen LogP contribution < -0.4 is 20.1 Å². The van der Waals surface area contributed by atoms with Gasteiger partial charge in [-0.3, -0.25) is 14.9 Å². The molecular weight excluding hydrogens is 434 g/mol. The van der Waals surface area contributed by atoms with E-state index < -0.39 is 0 Å². The molecule has 154 valence electrons. The molecule has 2 aromatic carbocycles. The van der Waals surface area contributed by atoms with Crippen molar-refractivity contribution in [3.8, 4) is 22.8 Å². The van der Waals surface area contributed by atoms with Crippen LogP contribution in [0.3, 0.4) is 0 Å². The molecule has 0 fully saturated rings. The molecule has 1 aliphatic rings. The van der Waals surface area contributed by atoms with E-state index in [9.17, 15) is 9.59 Å². The number of thiophene rings is 1. The largest absolute Gasteiger partial charge is 0.454 e. The van der Waals surface area contributed by atoms with Crippen molar-refractivity contribution in [2.24, 2.45) is 0 Å². The van der Waals surface area contributed by atoms with Crippen LogP contribution in [0.1, 0.15) is 20.0 Å². The van der Waals surface area contributed by atoms with Gasteiger partial charge < -0.3 is 14.8 Å². The van der Waals surface area contributed by atoms with Gasteiger partial charge in [-0.15, -0.1) is 22.7 Å². The molecule has 4 aromatic rings. The lowest BCUT2D eigenvalue weighted by Gasteiger charge is -2.06. The average Bonchev–Trinajstić information content (AvgIpc) is 3.54. The minimum Gasteiger partial charge on any atom is -0.454 e. The molecule has 0 saturated heterocycles. The molecule has 0 atom stereocenters. The molecule has 9 heteroatoms.